The molecule has 2 aromatic rings. The van der Waals surface area contributed by atoms with E-state index in [2.05, 4.69) is 26.6 Å². The number of amides is 2. The van der Waals surface area contributed by atoms with E-state index < -0.39 is 0 Å². The van der Waals surface area contributed by atoms with Crippen LogP contribution in [0.5, 0.6) is 0 Å². The molecule has 0 aromatic heterocycles. The fourth-order valence-electron chi connectivity index (χ4n) is 1.72. The summed E-state index contributed by atoms with van der Waals surface area (Å²) in [4.78, 5) is 11.6. The minimum Gasteiger partial charge on any atom is -0.338 e. The van der Waals surface area contributed by atoms with Gasteiger partial charge in [-0.25, -0.2) is 9.18 Å². The van der Waals surface area contributed by atoms with E-state index in [9.17, 15) is 9.18 Å². The molecule has 104 valence electrons. The van der Waals surface area contributed by atoms with Crippen molar-refractivity contribution in [1.82, 2.24) is 5.32 Å². The second kappa shape index (κ2) is 7.05. The summed E-state index contributed by atoms with van der Waals surface area (Å²) in [6.07, 6.45) is 0.459. The highest BCUT2D eigenvalue weighted by molar-refractivity contribution is 9.10. The third kappa shape index (κ3) is 4.35. The van der Waals surface area contributed by atoms with E-state index in [-0.39, 0.29) is 11.8 Å². The van der Waals surface area contributed by atoms with Gasteiger partial charge in [-0.05, 0) is 42.3 Å². The molecule has 3 nitrogen and oxygen atoms in total. The van der Waals surface area contributed by atoms with Crippen LogP contribution in [0.2, 0.25) is 0 Å². The summed E-state index contributed by atoms with van der Waals surface area (Å²) in [5, 5.41) is 5.40. The van der Waals surface area contributed by atoms with E-state index in [0.29, 0.717) is 24.2 Å². The van der Waals surface area contributed by atoms with Crippen molar-refractivity contribution in [3.63, 3.8) is 0 Å². The highest BCUT2D eigenvalue weighted by Crippen LogP contribution is 2.13. The van der Waals surface area contributed by atoms with Crippen LogP contribution in [-0.4, -0.2) is 12.6 Å². The van der Waals surface area contributed by atoms with Crippen molar-refractivity contribution < 1.29 is 9.18 Å². The van der Waals surface area contributed by atoms with Crippen LogP contribution in [-0.2, 0) is 6.42 Å². The summed E-state index contributed by atoms with van der Waals surface area (Å²) in [6.45, 7) is 0.378. The number of carbonyl (C=O) groups is 1. The number of hydrogen-bond donors (Lipinski definition) is 2. The Hall–Kier alpha value is -1.88. The Balaban J connectivity index is 1.78. The van der Waals surface area contributed by atoms with Gasteiger partial charge in [0.2, 0.25) is 0 Å². The molecule has 0 aliphatic rings. The molecule has 20 heavy (non-hydrogen) atoms. The molecular formula is C15H14BrFN2O. The maximum atomic E-state index is 13.4. The first kappa shape index (κ1) is 14.5. The van der Waals surface area contributed by atoms with Crippen molar-refractivity contribution in [3.05, 3.63) is 64.4 Å². The Morgan fingerprint density at radius 1 is 1.10 bits per heavy atom. The summed E-state index contributed by atoms with van der Waals surface area (Å²) >= 11 is 3.32. The van der Waals surface area contributed by atoms with Gasteiger partial charge in [0.05, 0.1) is 0 Å². The van der Waals surface area contributed by atoms with Crippen LogP contribution < -0.4 is 10.6 Å². The van der Waals surface area contributed by atoms with Gasteiger partial charge in [-0.2, -0.15) is 0 Å². The molecule has 2 amide bonds. The highest BCUT2D eigenvalue weighted by Gasteiger charge is 2.03. The fourth-order valence-corrected chi connectivity index (χ4v) is 1.98. The second-order valence-corrected chi connectivity index (χ2v) is 5.14. The van der Waals surface area contributed by atoms with Gasteiger partial charge >= 0.3 is 6.03 Å². The molecule has 0 aliphatic heterocycles. The van der Waals surface area contributed by atoms with Gasteiger partial charge in [0, 0.05) is 16.7 Å². The molecule has 0 aliphatic carbocycles. The van der Waals surface area contributed by atoms with Gasteiger partial charge in [-0.15, -0.1) is 0 Å². The standard InChI is InChI=1S/C15H14BrFN2O/c16-12-5-7-13(8-6-12)19-15(20)18-10-9-11-3-1-2-4-14(11)17/h1-8H,9-10H2,(H2,18,19,20). The topological polar surface area (TPSA) is 41.1 Å². The van der Waals surface area contributed by atoms with Crippen LogP contribution in [0.4, 0.5) is 14.9 Å². The number of hydrogen-bond acceptors (Lipinski definition) is 1. The Morgan fingerprint density at radius 3 is 2.50 bits per heavy atom. The summed E-state index contributed by atoms with van der Waals surface area (Å²) in [5.41, 5.74) is 1.30. The molecule has 2 aromatic carbocycles. The molecule has 0 saturated carbocycles. The minimum atomic E-state index is -0.302. The summed E-state index contributed by atoms with van der Waals surface area (Å²) < 4.78 is 14.3. The predicted octanol–water partition coefficient (Wildman–Crippen LogP) is 3.95. The van der Waals surface area contributed by atoms with Gasteiger partial charge < -0.3 is 10.6 Å². The zero-order chi connectivity index (χ0) is 14.4. The maximum absolute atomic E-state index is 13.4. The average Bonchev–Trinajstić information content (AvgIpc) is 2.43. The Morgan fingerprint density at radius 2 is 1.80 bits per heavy atom. The van der Waals surface area contributed by atoms with Gasteiger partial charge in [0.15, 0.2) is 0 Å². The zero-order valence-electron chi connectivity index (χ0n) is 10.7. The largest absolute Gasteiger partial charge is 0.338 e. The first-order valence-electron chi connectivity index (χ1n) is 6.19. The zero-order valence-corrected chi connectivity index (χ0v) is 12.3. The number of rotatable bonds is 4. The lowest BCUT2D eigenvalue weighted by Crippen LogP contribution is -2.30. The first-order valence-corrected chi connectivity index (χ1v) is 6.98. The SMILES string of the molecule is O=C(NCCc1ccccc1F)Nc1ccc(Br)cc1. The van der Waals surface area contributed by atoms with Crippen LogP contribution in [0.1, 0.15) is 5.56 Å². The normalized spacial score (nSPS) is 10.1. The fraction of sp³-hybridized carbons (Fsp3) is 0.133. The smallest absolute Gasteiger partial charge is 0.319 e. The van der Waals surface area contributed by atoms with E-state index in [1.165, 1.54) is 6.07 Å². The first-order chi connectivity index (χ1) is 9.65. The van der Waals surface area contributed by atoms with Crippen LogP contribution in [0.3, 0.4) is 0 Å². The number of anilines is 1. The molecule has 0 atom stereocenters. The van der Waals surface area contributed by atoms with Crippen LogP contribution in [0.25, 0.3) is 0 Å². The van der Waals surface area contributed by atoms with E-state index in [1.807, 2.05) is 12.1 Å². The maximum Gasteiger partial charge on any atom is 0.319 e. The minimum absolute atomic E-state index is 0.248. The average molecular weight is 337 g/mol. The van der Waals surface area contributed by atoms with E-state index >= 15 is 0 Å². The number of halogens is 2. The summed E-state index contributed by atoms with van der Waals surface area (Å²) in [7, 11) is 0. The monoisotopic (exact) mass is 336 g/mol. The third-order valence-corrected chi connectivity index (χ3v) is 3.27. The Bertz CT molecular complexity index is 587. The van der Waals surface area contributed by atoms with Crippen molar-refractivity contribution in [2.75, 3.05) is 11.9 Å². The molecule has 2 rings (SSSR count). The molecule has 5 heteroatoms. The van der Waals surface area contributed by atoms with Crippen molar-refractivity contribution in [3.8, 4) is 0 Å². The van der Waals surface area contributed by atoms with Crippen molar-refractivity contribution in [2.45, 2.75) is 6.42 Å². The van der Waals surface area contributed by atoms with E-state index in [4.69, 9.17) is 0 Å². The third-order valence-electron chi connectivity index (χ3n) is 2.74. The molecule has 0 unspecified atom stereocenters. The lowest BCUT2D eigenvalue weighted by Gasteiger charge is -2.08. The van der Waals surface area contributed by atoms with E-state index in [0.717, 1.165) is 4.47 Å². The van der Waals surface area contributed by atoms with Crippen LogP contribution in [0, 0.1) is 5.82 Å². The number of urea groups is 1. The molecule has 0 radical (unpaired) electrons. The van der Waals surface area contributed by atoms with Gasteiger partial charge in [-0.3, -0.25) is 0 Å². The predicted molar refractivity (Wildman–Crippen MR) is 81.3 cm³/mol. The lowest BCUT2D eigenvalue weighted by atomic mass is 10.1. The molecule has 0 spiro atoms. The number of carbonyl (C=O) groups excluding carboxylic acids is 1. The second-order valence-electron chi connectivity index (χ2n) is 4.23. The van der Waals surface area contributed by atoms with Crippen molar-refractivity contribution >= 4 is 27.6 Å². The summed E-state index contributed by atoms with van der Waals surface area (Å²) in [5.74, 6) is -0.248. The molecule has 0 bridgehead atoms. The quantitative estimate of drug-likeness (QED) is 0.871. The molecule has 2 N–H and O–H groups in total. The van der Waals surface area contributed by atoms with Gasteiger partial charge in [0.1, 0.15) is 5.82 Å². The van der Waals surface area contributed by atoms with Crippen LogP contribution in [0.15, 0.2) is 53.0 Å². The molecule has 0 saturated heterocycles. The molecular weight excluding hydrogens is 323 g/mol. The van der Waals surface area contributed by atoms with Gasteiger partial charge in [0.25, 0.3) is 0 Å². The van der Waals surface area contributed by atoms with Crippen molar-refractivity contribution in [1.29, 1.82) is 0 Å². The van der Waals surface area contributed by atoms with Crippen molar-refractivity contribution in [2.24, 2.45) is 0 Å². The van der Waals surface area contributed by atoms with E-state index in [1.54, 1.807) is 30.3 Å². The molecule has 0 heterocycles. The Kier molecular flexibility index (Phi) is 5.12. The number of benzene rings is 2. The molecule has 0 fully saturated rings. The number of nitrogens with one attached hydrogen (secondary N) is 2. The summed E-state index contributed by atoms with van der Waals surface area (Å²) in [6, 6.07) is 13.5. The highest BCUT2D eigenvalue weighted by atomic mass is 79.9. The van der Waals surface area contributed by atoms with Crippen LogP contribution >= 0.6 is 15.9 Å². The Labute approximate surface area is 125 Å². The lowest BCUT2D eigenvalue weighted by molar-refractivity contribution is 0.252. The van der Waals surface area contributed by atoms with Gasteiger partial charge in [-0.1, -0.05) is 34.1 Å².